The monoisotopic (exact) mass is 535 g/mol. The maximum atomic E-state index is 13.4. The molecule has 1 atom stereocenters. The minimum absolute atomic E-state index is 0.222. The predicted octanol–water partition coefficient (Wildman–Crippen LogP) is 4.52. The Morgan fingerprint density at radius 1 is 0.975 bits per heavy atom. The van der Waals surface area contributed by atoms with Gasteiger partial charge < -0.3 is 24.8 Å². The van der Waals surface area contributed by atoms with Crippen molar-refractivity contribution in [2.24, 2.45) is 0 Å². The van der Waals surface area contributed by atoms with Gasteiger partial charge in [-0.3, -0.25) is 9.78 Å². The lowest BCUT2D eigenvalue weighted by Gasteiger charge is -2.36. The maximum absolute atomic E-state index is 13.4. The lowest BCUT2D eigenvalue weighted by Crippen LogP contribution is -2.45. The molecule has 10 heteroatoms. The van der Waals surface area contributed by atoms with Gasteiger partial charge in [0.25, 0.3) is 5.91 Å². The molecule has 1 aliphatic rings. The molecule has 0 spiro atoms. The molecular formula is C30H29N7O3. The number of amides is 1. The molecule has 0 saturated carbocycles. The summed E-state index contributed by atoms with van der Waals surface area (Å²) < 4.78 is 11.7. The quantitative estimate of drug-likeness (QED) is 0.249. The van der Waals surface area contributed by atoms with Crippen LogP contribution in [-0.2, 0) is 12.0 Å². The molecule has 1 saturated heterocycles. The highest BCUT2D eigenvalue weighted by atomic mass is 16.4. The van der Waals surface area contributed by atoms with Gasteiger partial charge >= 0.3 is 0 Å². The maximum Gasteiger partial charge on any atom is 0.252 e. The number of hydrogen-bond acceptors (Lipinski definition) is 9. The van der Waals surface area contributed by atoms with E-state index in [9.17, 15) is 4.79 Å². The molecule has 4 heterocycles. The molecule has 3 aromatic heterocycles. The molecule has 1 fully saturated rings. The summed E-state index contributed by atoms with van der Waals surface area (Å²) >= 11 is 0. The Kier molecular flexibility index (Phi) is 7.32. The number of oxazole rings is 1. The second-order valence-electron chi connectivity index (χ2n) is 9.77. The highest BCUT2D eigenvalue weighted by molar-refractivity contribution is 5.95. The van der Waals surface area contributed by atoms with Crippen LogP contribution in [0.15, 0.2) is 100 Å². The van der Waals surface area contributed by atoms with E-state index < -0.39 is 11.6 Å². The van der Waals surface area contributed by atoms with Crippen molar-refractivity contribution in [3.63, 3.8) is 0 Å². The molecule has 5 aromatic rings. The van der Waals surface area contributed by atoms with Gasteiger partial charge in [-0.05, 0) is 61.8 Å². The molecule has 0 radical (unpaired) electrons. The van der Waals surface area contributed by atoms with Crippen LogP contribution in [0.25, 0.3) is 11.5 Å². The number of aromatic nitrogens is 4. The summed E-state index contributed by atoms with van der Waals surface area (Å²) in [5.41, 5.74) is 2.61. The summed E-state index contributed by atoms with van der Waals surface area (Å²) in [5.74, 6) is 1.20. The Labute approximate surface area is 231 Å². The van der Waals surface area contributed by atoms with E-state index in [2.05, 4.69) is 36.1 Å². The van der Waals surface area contributed by atoms with E-state index in [1.807, 2.05) is 60.7 Å². The zero-order valence-electron chi connectivity index (χ0n) is 21.8. The molecule has 10 nitrogen and oxygen atoms in total. The molecule has 1 aliphatic heterocycles. The second-order valence-corrected chi connectivity index (χ2v) is 9.77. The van der Waals surface area contributed by atoms with Crippen LogP contribution < -0.4 is 16.0 Å². The van der Waals surface area contributed by atoms with Gasteiger partial charge in [0.1, 0.15) is 17.8 Å². The summed E-state index contributed by atoms with van der Waals surface area (Å²) in [5, 5.41) is 18.9. The Morgan fingerprint density at radius 3 is 2.58 bits per heavy atom. The zero-order valence-corrected chi connectivity index (χ0v) is 21.8. The van der Waals surface area contributed by atoms with Gasteiger partial charge in [0.05, 0.1) is 6.20 Å². The van der Waals surface area contributed by atoms with Gasteiger partial charge in [0.2, 0.25) is 17.7 Å². The minimum atomic E-state index is -0.577. The fourth-order valence-corrected chi connectivity index (χ4v) is 4.99. The van der Waals surface area contributed by atoms with Crippen molar-refractivity contribution in [2.75, 3.05) is 18.4 Å². The third kappa shape index (κ3) is 5.62. The number of rotatable bonds is 9. The molecule has 1 amide bonds. The van der Waals surface area contributed by atoms with Crippen LogP contribution in [-0.4, -0.2) is 39.2 Å². The smallest absolute Gasteiger partial charge is 0.252 e. The fourth-order valence-electron chi connectivity index (χ4n) is 4.99. The Balaban J connectivity index is 1.23. The molecule has 6 rings (SSSR count). The van der Waals surface area contributed by atoms with Crippen LogP contribution in [0, 0.1) is 0 Å². The average molecular weight is 536 g/mol. The van der Waals surface area contributed by atoms with Crippen molar-refractivity contribution in [3.8, 4) is 11.5 Å². The molecular weight excluding hydrogens is 506 g/mol. The number of piperidine rings is 1. The van der Waals surface area contributed by atoms with Crippen molar-refractivity contribution in [3.05, 3.63) is 114 Å². The van der Waals surface area contributed by atoms with Crippen molar-refractivity contribution in [1.82, 2.24) is 30.8 Å². The lowest BCUT2D eigenvalue weighted by atomic mass is 9.87. The first-order chi connectivity index (χ1) is 19.7. The average Bonchev–Trinajstić information content (AvgIpc) is 3.72. The van der Waals surface area contributed by atoms with Gasteiger partial charge in [-0.15, -0.1) is 10.2 Å². The molecule has 2 aromatic carbocycles. The van der Waals surface area contributed by atoms with Crippen LogP contribution in [0.5, 0.6) is 0 Å². The molecule has 202 valence electrons. The third-order valence-electron chi connectivity index (χ3n) is 7.06. The number of pyridine rings is 1. The van der Waals surface area contributed by atoms with E-state index in [4.69, 9.17) is 8.83 Å². The molecule has 40 heavy (non-hydrogen) atoms. The molecule has 0 aliphatic carbocycles. The van der Waals surface area contributed by atoms with E-state index in [1.54, 1.807) is 24.7 Å². The number of hydrogen-bond donors (Lipinski definition) is 3. The van der Waals surface area contributed by atoms with Crippen LogP contribution >= 0.6 is 0 Å². The first-order valence-electron chi connectivity index (χ1n) is 13.3. The first-order valence-corrected chi connectivity index (χ1v) is 13.3. The zero-order chi connectivity index (χ0) is 27.2. The topological polar surface area (TPSA) is 131 Å². The van der Waals surface area contributed by atoms with Gasteiger partial charge in [-0.1, -0.05) is 36.4 Å². The fraction of sp³-hybridized carbons (Fsp3) is 0.233. The largest absolute Gasteiger partial charge is 0.447 e. The number of anilines is 1. The summed E-state index contributed by atoms with van der Waals surface area (Å²) in [7, 11) is 0. The van der Waals surface area contributed by atoms with Crippen LogP contribution in [0.1, 0.15) is 46.6 Å². The lowest BCUT2D eigenvalue weighted by molar-refractivity contribution is 0.0930. The molecule has 1 unspecified atom stereocenters. The summed E-state index contributed by atoms with van der Waals surface area (Å²) in [6.07, 6.45) is 8.52. The Bertz CT molecular complexity index is 1530. The van der Waals surface area contributed by atoms with Gasteiger partial charge in [-0.2, -0.15) is 0 Å². The number of carbonyl (C=O) groups is 1. The van der Waals surface area contributed by atoms with Crippen LogP contribution in [0.2, 0.25) is 0 Å². The van der Waals surface area contributed by atoms with E-state index >= 15 is 0 Å². The predicted molar refractivity (Wildman–Crippen MR) is 148 cm³/mol. The van der Waals surface area contributed by atoms with E-state index in [1.165, 1.54) is 6.26 Å². The third-order valence-corrected chi connectivity index (χ3v) is 7.06. The van der Waals surface area contributed by atoms with Crippen LogP contribution in [0.4, 0.5) is 5.69 Å². The normalized spacial score (nSPS) is 15.3. The van der Waals surface area contributed by atoms with Crippen molar-refractivity contribution >= 4 is 11.6 Å². The van der Waals surface area contributed by atoms with Crippen molar-refractivity contribution in [1.29, 1.82) is 0 Å². The summed E-state index contributed by atoms with van der Waals surface area (Å²) in [6.45, 7) is 1.58. The van der Waals surface area contributed by atoms with E-state index in [0.29, 0.717) is 29.7 Å². The van der Waals surface area contributed by atoms with Crippen molar-refractivity contribution < 1.29 is 13.6 Å². The highest BCUT2D eigenvalue weighted by Crippen LogP contribution is 2.35. The second kappa shape index (κ2) is 11.5. The summed E-state index contributed by atoms with van der Waals surface area (Å²) in [6, 6.07) is 20.6. The Morgan fingerprint density at radius 2 is 1.80 bits per heavy atom. The summed E-state index contributed by atoms with van der Waals surface area (Å²) in [4.78, 5) is 21.8. The Hall–Kier alpha value is -4.83. The number of benzene rings is 2. The minimum Gasteiger partial charge on any atom is -0.447 e. The van der Waals surface area contributed by atoms with Crippen LogP contribution in [0.3, 0.4) is 0 Å². The standard InChI is InChI=1S/C30H29N7O3/c38-26(34-25(28-33-17-18-39-28)19-21-5-2-1-3-6-21)23-7-4-8-24(20-23)35-30(11-15-32-16-12-30)29-37-36-27(40-29)22-9-13-31-14-10-22/h1-10,13-14,17-18,20,25,32,35H,11-12,15-16,19H2,(H,34,38). The van der Waals surface area contributed by atoms with E-state index in [0.717, 1.165) is 42.7 Å². The molecule has 0 bridgehead atoms. The van der Waals surface area contributed by atoms with Gasteiger partial charge in [-0.25, -0.2) is 4.98 Å². The van der Waals surface area contributed by atoms with E-state index in [-0.39, 0.29) is 5.91 Å². The number of nitrogens with zero attached hydrogens (tertiary/aromatic N) is 4. The van der Waals surface area contributed by atoms with Gasteiger partial charge in [0.15, 0.2) is 0 Å². The first kappa shape index (κ1) is 25.4. The SMILES string of the molecule is O=C(NC(Cc1ccccc1)c1ncco1)c1cccc(NC2(c3nnc(-c4ccncc4)o3)CCNCC2)c1. The molecule has 3 N–H and O–H groups in total. The van der Waals surface area contributed by atoms with Crippen molar-refractivity contribution in [2.45, 2.75) is 30.8 Å². The highest BCUT2D eigenvalue weighted by Gasteiger charge is 2.39. The number of nitrogens with one attached hydrogen (secondary N) is 3. The van der Waals surface area contributed by atoms with Gasteiger partial charge in [0, 0.05) is 35.6 Å². The number of carbonyl (C=O) groups excluding carboxylic acids is 1.